The lowest BCUT2D eigenvalue weighted by Crippen LogP contribution is -2.47. The van der Waals surface area contributed by atoms with Crippen molar-refractivity contribution in [1.29, 1.82) is 0 Å². The van der Waals surface area contributed by atoms with Crippen LogP contribution in [-0.4, -0.2) is 54.3 Å². The molecule has 4 amide bonds. The van der Waals surface area contributed by atoms with E-state index in [1.54, 1.807) is 0 Å². The zero-order valence-corrected chi connectivity index (χ0v) is 17.7. The van der Waals surface area contributed by atoms with Gasteiger partial charge in [0.1, 0.15) is 6.04 Å². The second kappa shape index (κ2) is 18.4. The molecule has 0 aromatic heterocycles. The molecule has 0 rings (SSSR count). The highest BCUT2D eigenvalue weighted by Gasteiger charge is 2.18. The quantitative estimate of drug-likeness (QED) is 0.279. The number of carbonyl (C=O) groups is 4. The topological polar surface area (TPSA) is 130 Å². The zero-order valence-electron chi connectivity index (χ0n) is 16.1. The van der Waals surface area contributed by atoms with Gasteiger partial charge in [0.15, 0.2) is 0 Å². The SMILES string of the molecule is CC(N)=O.CCCNC(=O)CCSSC[C@H](NC(C)=O)C(=O)NCCC. The van der Waals surface area contributed by atoms with Crippen molar-refractivity contribution in [3.63, 3.8) is 0 Å². The molecule has 5 N–H and O–H groups in total. The molecule has 0 radical (unpaired) electrons. The van der Waals surface area contributed by atoms with Gasteiger partial charge in [-0.25, -0.2) is 0 Å². The van der Waals surface area contributed by atoms with Crippen molar-refractivity contribution in [3.05, 3.63) is 0 Å². The summed E-state index contributed by atoms with van der Waals surface area (Å²) in [6, 6.07) is -0.532. The zero-order chi connectivity index (χ0) is 20.4. The summed E-state index contributed by atoms with van der Waals surface area (Å²) in [5.41, 5.74) is 4.47. The molecule has 152 valence electrons. The fraction of sp³-hybridized carbons (Fsp3) is 0.750. The molecule has 0 aromatic rings. The normalized spacial score (nSPS) is 10.8. The standard InChI is InChI=1S/C14H27N3O3S2.C2H5NO/c1-4-7-15-13(19)6-9-21-22-10-12(17-11(3)18)14(20)16-8-5-2;1-2(3)4/h12H,4-10H2,1-3H3,(H,15,19)(H,16,20)(H,17,18);1H3,(H2,3,4)/t12-;/m0./s1. The number of hydrogen-bond acceptors (Lipinski definition) is 6. The average molecular weight is 409 g/mol. The molecule has 0 fully saturated rings. The van der Waals surface area contributed by atoms with Gasteiger partial charge in [-0.05, 0) is 12.8 Å². The summed E-state index contributed by atoms with van der Waals surface area (Å²) in [7, 11) is 3.03. The summed E-state index contributed by atoms with van der Waals surface area (Å²) < 4.78 is 0. The van der Waals surface area contributed by atoms with Gasteiger partial charge in [0.2, 0.25) is 23.6 Å². The molecule has 0 aliphatic carbocycles. The Bertz CT molecular complexity index is 432. The van der Waals surface area contributed by atoms with Crippen LogP contribution in [-0.2, 0) is 19.2 Å². The van der Waals surface area contributed by atoms with Crippen LogP contribution in [0.5, 0.6) is 0 Å². The molecule has 10 heteroatoms. The molecule has 0 aliphatic heterocycles. The van der Waals surface area contributed by atoms with Crippen LogP contribution in [0.15, 0.2) is 0 Å². The molecule has 1 atom stereocenters. The van der Waals surface area contributed by atoms with Crippen LogP contribution in [0.2, 0.25) is 0 Å². The van der Waals surface area contributed by atoms with E-state index < -0.39 is 6.04 Å². The number of amides is 4. The van der Waals surface area contributed by atoms with Gasteiger partial charge in [-0.3, -0.25) is 19.2 Å². The minimum absolute atomic E-state index is 0.0500. The number of carbonyl (C=O) groups excluding carboxylic acids is 4. The summed E-state index contributed by atoms with van der Waals surface area (Å²) in [6.07, 6.45) is 2.25. The van der Waals surface area contributed by atoms with Crippen molar-refractivity contribution in [2.24, 2.45) is 5.73 Å². The molecule has 0 aromatic carbocycles. The molecule has 0 unspecified atom stereocenters. The minimum Gasteiger partial charge on any atom is -0.370 e. The average Bonchev–Trinajstić information content (AvgIpc) is 2.55. The first-order valence-electron chi connectivity index (χ1n) is 8.56. The summed E-state index contributed by atoms with van der Waals surface area (Å²) in [5.74, 6) is 0.501. The monoisotopic (exact) mass is 408 g/mol. The molecule has 0 saturated carbocycles. The number of rotatable bonds is 12. The van der Waals surface area contributed by atoms with Gasteiger partial charge in [-0.15, -0.1) is 0 Å². The number of nitrogens with one attached hydrogen (secondary N) is 3. The van der Waals surface area contributed by atoms with Gasteiger partial charge in [0, 0.05) is 44.9 Å². The van der Waals surface area contributed by atoms with Crippen LogP contribution in [0.25, 0.3) is 0 Å². The molecule has 26 heavy (non-hydrogen) atoms. The fourth-order valence-electron chi connectivity index (χ4n) is 1.46. The Labute approximate surface area is 164 Å². The van der Waals surface area contributed by atoms with Crippen molar-refractivity contribution in [1.82, 2.24) is 16.0 Å². The Balaban J connectivity index is 0. The van der Waals surface area contributed by atoms with Crippen LogP contribution in [0.4, 0.5) is 0 Å². The fourth-order valence-corrected chi connectivity index (χ4v) is 3.62. The maximum atomic E-state index is 11.9. The third-order valence-corrected chi connectivity index (χ3v) is 4.96. The second-order valence-electron chi connectivity index (χ2n) is 5.36. The van der Waals surface area contributed by atoms with Crippen LogP contribution < -0.4 is 21.7 Å². The number of hydrogen-bond donors (Lipinski definition) is 4. The molecule has 0 saturated heterocycles. The van der Waals surface area contributed by atoms with Crippen LogP contribution in [0.3, 0.4) is 0 Å². The van der Waals surface area contributed by atoms with E-state index in [0.717, 1.165) is 12.8 Å². The van der Waals surface area contributed by atoms with Gasteiger partial charge in [0.25, 0.3) is 0 Å². The van der Waals surface area contributed by atoms with Crippen molar-refractivity contribution in [3.8, 4) is 0 Å². The van der Waals surface area contributed by atoms with Gasteiger partial charge in [-0.2, -0.15) is 0 Å². The lowest BCUT2D eigenvalue weighted by atomic mass is 10.3. The third-order valence-electron chi connectivity index (χ3n) is 2.55. The number of nitrogens with two attached hydrogens (primary N) is 1. The predicted octanol–water partition coefficient (Wildman–Crippen LogP) is 0.807. The Hall–Kier alpha value is -1.42. The van der Waals surface area contributed by atoms with Crippen LogP contribution >= 0.6 is 21.6 Å². The van der Waals surface area contributed by atoms with E-state index in [4.69, 9.17) is 0 Å². The Kier molecular flexibility index (Phi) is 18.9. The summed E-state index contributed by atoms with van der Waals surface area (Å²) in [4.78, 5) is 43.7. The van der Waals surface area contributed by atoms with Crippen molar-refractivity contribution >= 4 is 45.2 Å². The first-order valence-corrected chi connectivity index (χ1v) is 11.0. The first-order chi connectivity index (χ1) is 12.2. The summed E-state index contributed by atoms with van der Waals surface area (Å²) >= 11 is 0. The molecule has 8 nitrogen and oxygen atoms in total. The Morgan fingerprint density at radius 2 is 1.50 bits per heavy atom. The predicted molar refractivity (Wildman–Crippen MR) is 109 cm³/mol. The smallest absolute Gasteiger partial charge is 0.243 e. The highest BCUT2D eigenvalue weighted by Crippen LogP contribution is 2.22. The minimum atomic E-state index is -0.532. The summed E-state index contributed by atoms with van der Waals surface area (Å²) in [6.45, 7) is 8.00. The highest BCUT2D eigenvalue weighted by atomic mass is 33.1. The number of primary amides is 1. The van der Waals surface area contributed by atoms with E-state index in [-0.39, 0.29) is 23.6 Å². The summed E-state index contributed by atoms with van der Waals surface area (Å²) in [5, 5.41) is 8.25. The van der Waals surface area contributed by atoms with Crippen molar-refractivity contribution in [2.75, 3.05) is 24.6 Å². The first kappa shape index (κ1) is 26.8. The van der Waals surface area contributed by atoms with Gasteiger partial charge in [-0.1, -0.05) is 35.4 Å². The Morgan fingerprint density at radius 3 is 2.00 bits per heavy atom. The van der Waals surface area contributed by atoms with E-state index >= 15 is 0 Å². The highest BCUT2D eigenvalue weighted by molar-refractivity contribution is 8.76. The molecule has 0 spiro atoms. The lowest BCUT2D eigenvalue weighted by molar-refractivity contribution is -0.127. The largest absolute Gasteiger partial charge is 0.370 e. The van der Waals surface area contributed by atoms with E-state index in [1.807, 2.05) is 13.8 Å². The molecular weight excluding hydrogens is 376 g/mol. The van der Waals surface area contributed by atoms with E-state index in [0.29, 0.717) is 31.0 Å². The maximum Gasteiger partial charge on any atom is 0.243 e. The Morgan fingerprint density at radius 1 is 0.962 bits per heavy atom. The van der Waals surface area contributed by atoms with E-state index in [2.05, 4.69) is 21.7 Å². The third kappa shape index (κ3) is 20.6. The van der Waals surface area contributed by atoms with Gasteiger partial charge >= 0.3 is 0 Å². The maximum absolute atomic E-state index is 11.9. The van der Waals surface area contributed by atoms with Crippen molar-refractivity contribution < 1.29 is 19.2 Å². The van der Waals surface area contributed by atoms with E-state index in [1.165, 1.54) is 35.4 Å². The molecule has 0 bridgehead atoms. The molecule has 0 heterocycles. The lowest BCUT2D eigenvalue weighted by Gasteiger charge is -2.16. The molecule has 0 aliphatic rings. The van der Waals surface area contributed by atoms with Gasteiger partial charge in [0.05, 0.1) is 0 Å². The van der Waals surface area contributed by atoms with Gasteiger partial charge < -0.3 is 21.7 Å². The second-order valence-corrected chi connectivity index (χ2v) is 7.99. The van der Waals surface area contributed by atoms with Crippen molar-refractivity contribution in [2.45, 2.75) is 53.0 Å². The van der Waals surface area contributed by atoms with E-state index in [9.17, 15) is 19.2 Å². The van der Waals surface area contributed by atoms with Crippen LogP contribution in [0.1, 0.15) is 47.0 Å². The van der Waals surface area contributed by atoms with Crippen LogP contribution in [0, 0.1) is 0 Å². The molecular formula is C16H32N4O4S2.